The Balaban J connectivity index is 1.18. The molecule has 12 heteroatoms. The van der Waals surface area contributed by atoms with Crippen molar-refractivity contribution in [2.75, 3.05) is 50.1 Å². The van der Waals surface area contributed by atoms with Crippen molar-refractivity contribution in [3.05, 3.63) is 58.9 Å². The molecule has 0 spiro atoms. The maximum absolute atomic E-state index is 14.5. The Labute approximate surface area is 227 Å². The summed E-state index contributed by atoms with van der Waals surface area (Å²) in [7, 11) is 3.41. The number of carbonyl (C=O) groups excluding carboxylic acids is 1. The largest absolute Gasteiger partial charge is 0.374 e. The molecular formula is C27H35FN8O3. The molecule has 4 heterocycles. The summed E-state index contributed by atoms with van der Waals surface area (Å²) in [6.45, 7) is 6.21. The molecule has 2 saturated heterocycles. The second-order valence-electron chi connectivity index (χ2n) is 10.4. The lowest BCUT2D eigenvalue weighted by Gasteiger charge is -2.35. The minimum Gasteiger partial charge on any atom is -0.374 e. The van der Waals surface area contributed by atoms with E-state index in [9.17, 15) is 9.18 Å². The molecule has 3 aromatic rings. The summed E-state index contributed by atoms with van der Waals surface area (Å²) >= 11 is 0. The van der Waals surface area contributed by atoms with E-state index in [4.69, 9.17) is 15.0 Å². The summed E-state index contributed by atoms with van der Waals surface area (Å²) in [6.07, 6.45) is 4.40. The Hall–Kier alpha value is -3.64. The summed E-state index contributed by atoms with van der Waals surface area (Å²) < 4.78 is 25.1. The lowest BCUT2D eigenvalue weighted by atomic mass is 9.93. The Kier molecular flexibility index (Phi) is 7.76. The van der Waals surface area contributed by atoms with Crippen LogP contribution in [0.1, 0.15) is 59.1 Å². The van der Waals surface area contributed by atoms with Gasteiger partial charge in [0, 0.05) is 70.7 Å². The highest BCUT2D eigenvalue weighted by Gasteiger charge is 2.35. The minimum absolute atomic E-state index is 0.0651. The highest BCUT2D eigenvalue weighted by molar-refractivity contribution is 5.93. The SMILES string of the molecule is CO[C@@H](C)c1noc(N2CCC(N(C)C(=O)c3cnc(N4C[C@H](c5cc(C)ccc5F)[C@@H](N)C4)nc3)CC2)n1. The number of ether oxygens (including phenoxy) is 1. The molecule has 0 saturated carbocycles. The standard InChI is InChI=1S/C27H35FN8O3/c1-16-5-6-22(28)20(11-16)21-14-36(15-23(21)29)26-30-12-18(13-31-26)25(37)34(3)19-7-9-35(10-8-19)27-32-24(33-39-27)17(2)38-4/h5-6,11-13,17,19,21,23H,7-10,14-15,29H2,1-4H3/t17-,21+,23-/m0/s1. The normalized spacial score (nSPS) is 20.9. The molecule has 2 aliphatic rings. The van der Waals surface area contributed by atoms with Crippen molar-refractivity contribution in [1.82, 2.24) is 25.0 Å². The monoisotopic (exact) mass is 538 g/mol. The second kappa shape index (κ2) is 11.2. The first-order valence-corrected chi connectivity index (χ1v) is 13.2. The van der Waals surface area contributed by atoms with Gasteiger partial charge < -0.3 is 29.7 Å². The van der Waals surface area contributed by atoms with Crippen molar-refractivity contribution in [1.29, 1.82) is 0 Å². The number of nitrogens with zero attached hydrogens (tertiary/aromatic N) is 7. The molecule has 2 N–H and O–H groups in total. The third kappa shape index (κ3) is 5.57. The van der Waals surface area contributed by atoms with E-state index in [0.29, 0.717) is 55.1 Å². The van der Waals surface area contributed by atoms with Crippen molar-refractivity contribution < 1.29 is 18.4 Å². The Morgan fingerprint density at radius 2 is 1.92 bits per heavy atom. The van der Waals surface area contributed by atoms with Crippen LogP contribution in [0.25, 0.3) is 0 Å². The zero-order valence-corrected chi connectivity index (χ0v) is 22.7. The summed E-state index contributed by atoms with van der Waals surface area (Å²) in [5, 5.41) is 3.99. The average Bonchev–Trinajstić information content (AvgIpc) is 3.61. The highest BCUT2D eigenvalue weighted by atomic mass is 19.1. The number of carbonyl (C=O) groups is 1. The van der Waals surface area contributed by atoms with Crippen molar-refractivity contribution in [3.63, 3.8) is 0 Å². The summed E-state index contributed by atoms with van der Waals surface area (Å²) in [5.74, 6) is 0.455. The fourth-order valence-electron chi connectivity index (χ4n) is 5.30. The molecule has 2 aromatic heterocycles. The van der Waals surface area contributed by atoms with Gasteiger partial charge >= 0.3 is 6.01 Å². The van der Waals surface area contributed by atoms with Gasteiger partial charge in [-0.05, 0) is 38.3 Å². The van der Waals surface area contributed by atoms with Crippen LogP contribution in [0.4, 0.5) is 16.4 Å². The van der Waals surface area contributed by atoms with E-state index >= 15 is 0 Å². The molecule has 0 radical (unpaired) electrons. The summed E-state index contributed by atoms with van der Waals surface area (Å²) in [5.41, 5.74) is 8.41. The van der Waals surface area contributed by atoms with Crippen LogP contribution < -0.4 is 15.5 Å². The number of anilines is 2. The van der Waals surface area contributed by atoms with Gasteiger partial charge in [0.1, 0.15) is 11.9 Å². The van der Waals surface area contributed by atoms with E-state index in [1.807, 2.05) is 36.8 Å². The summed E-state index contributed by atoms with van der Waals surface area (Å²) in [6, 6.07) is 5.39. The maximum Gasteiger partial charge on any atom is 0.324 e. The maximum atomic E-state index is 14.5. The van der Waals surface area contributed by atoms with Gasteiger partial charge in [-0.3, -0.25) is 4.79 Å². The van der Waals surface area contributed by atoms with E-state index in [-0.39, 0.29) is 35.8 Å². The number of aryl methyl sites for hydroxylation is 1. The van der Waals surface area contributed by atoms with E-state index < -0.39 is 0 Å². The van der Waals surface area contributed by atoms with Gasteiger partial charge in [0.15, 0.2) is 0 Å². The van der Waals surface area contributed by atoms with Gasteiger partial charge in [0.05, 0.1) is 5.56 Å². The summed E-state index contributed by atoms with van der Waals surface area (Å²) in [4.78, 5) is 32.3. The van der Waals surface area contributed by atoms with Crippen LogP contribution in [0.2, 0.25) is 0 Å². The fourth-order valence-corrected chi connectivity index (χ4v) is 5.30. The molecule has 2 fully saturated rings. The lowest BCUT2D eigenvalue weighted by Crippen LogP contribution is -2.45. The predicted molar refractivity (Wildman–Crippen MR) is 143 cm³/mol. The van der Waals surface area contributed by atoms with Gasteiger partial charge in [-0.1, -0.05) is 22.9 Å². The lowest BCUT2D eigenvalue weighted by molar-refractivity contribution is 0.0707. The number of nitrogens with two attached hydrogens (primary N) is 1. The van der Waals surface area contributed by atoms with Crippen LogP contribution >= 0.6 is 0 Å². The van der Waals surface area contributed by atoms with Crippen LogP contribution in [0, 0.1) is 12.7 Å². The van der Waals surface area contributed by atoms with Gasteiger partial charge in [0.2, 0.25) is 11.8 Å². The van der Waals surface area contributed by atoms with Crippen molar-refractivity contribution in [2.24, 2.45) is 5.73 Å². The zero-order valence-electron chi connectivity index (χ0n) is 22.7. The smallest absolute Gasteiger partial charge is 0.324 e. The molecule has 0 unspecified atom stereocenters. The molecule has 2 aliphatic heterocycles. The van der Waals surface area contributed by atoms with Crippen LogP contribution in [-0.4, -0.2) is 83.3 Å². The molecule has 5 rings (SSSR count). The number of halogens is 1. The van der Waals surface area contributed by atoms with Gasteiger partial charge in [-0.2, -0.15) is 4.98 Å². The van der Waals surface area contributed by atoms with Gasteiger partial charge in [-0.25, -0.2) is 14.4 Å². The van der Waals surface area contributed by atoms with Crippen molar-refractivity contribution >= 4 is 17.9 Å². The first-order chi connectivity index (χ1) is 18.7. The molecule has 39 heavy (non-hydrogen) atoms. The van der Waals surface area contributed by atoms with Crippen LogP contribution in [0.15, 0.2) is 35.1 Å². The number of hydrogen-bond acceptors (Lipinski definition) is 10. The molecule has 208 valence electrons. The van der Waals surface area contributed by atoms with Gasteiger partial charge in [0.25, 0.3) is 5.91 Å². The molecule has 0 aliphatic carbocycles. The molecular weight excluding hydrogens is 503 g/mol. The Bertz CT molecular complexity index is 1290. The number of aromatic nitrogens is 4. The number of rotatable bonds is 7. The first kappa shape index (κ1) is 26.9. The van der Waals surface area contributed by atoms with E-state index in [1.165, 1.54) is 6.07 Å². The first-order valence-electron chi connectivity index (χ1n) is 13.2. The molecule has 0 bridgehead atoms. The van der Waals surface area contributed by atoms with E-state index in [1.54, 1.807) is 30.5 Å². The van der Waals surface area contributed by atoms with Crippen molar-refractivity contribution in [3.8, 4) is 0 Å². The highest BCUT2D eigenvalue weighted by Crippen LogP contribution is 2.31. The average molecular weight is 539 g/mol. The molecule has 11 nitrogen and oxygen atoms in total. The minimum atomic E-state index is -0.249. The van der Waals surface area contributed by atoms with E-state index in [2.05, 4.69) is 20.1 Å². The number of piperidine rings is 1. The number of methoxy groups -OCH3 is 1. The van der Waals surface area contributed by atoms with Gasteiger partial charge in [-0.15, -0.1) is 0 Å². The second-order valence-corrected chi connectivity index (χ2v) is 10.4. The number of amides is 1. The van der Waals surface area contributed by atoms with Crippen LogP contribution in [0.3, 0.4) is 0 Å². The molecule has 1 aromatic carbocycles. The van der Waals surface area contributed by atoms with Crippen LogP contribution in [0.5, 0.6) is 0 Å². The zero-order chi connectivity index (χ0) is 27.7. The number of hydrogen-bond donors (Lipinski definition) is 1. The molecule has 1 amide bonds. The fraction of sp³-hybridized carbons (Fsp3) is 0.519. The predicted octanol–water partition coefficient (Wildman–Crippen LogP) is 2.69. The third-order valence-corrected chi connectivity index (χ3v) is 7.84. The van der Waals surface area contributed by atoms with Crippen LogP contribution in [-0.2, 0) is 4.74 Å². The Morgan fingerprint density at radius 1 is 1.21 bits per heavy atom. The van der Waals surface area contributed by atoms with Crippen molar-refractivity contribution in [2.45, 2.75) is 50.8 Å². The Morgan fingerprint density at radius 3 is 2.62 bits per heavy atom. The van der Waals surface area contributed by atoms with E-state index in [0.717, 1.165) is 18.4 Å². The topological polar surface area (TPSA) is 127 Å². The molecule has 3 atom stereocenters. The third-order valence-electron chi connectivity index (χ3n) is 7.84. The number of benzene rings is 1. The quantitative estimate of drug-likeness (QED) is 0.480.